The van der Waals surface area contributed by atoms with Crippen molar-refractivity contribution in [3.05, 3.63) is 29.6 Å². The van der Waals surface area contributed by atoms with E-state index in [9.17, 15) is 8.42 Å². The Morgan fingerprint density at radius 1 is 1.43 bits per heavy atom. The van der Waals surface area contributed by atoms with Crippen molar-refractivity contribution in [2.75, 3.05) is 32.6 Å². The van der Waals surface area contributed by atoms with Gasteiger partial charge in [0.05, 0.1) is 18.1 Å². The molecule has 1 spiro atoms. The highest BCUT2D eigenvalue weighted by Crippen LogP contribution is 2.45. The average Bonchev–Trinajstić information content (AvgIpc) is 2.63. The Bertz CT molecular complexity index is 624. The molecule has 2 aliphatic rings. The third-order valence-electron chi connectivity index (χ3n) is 4.78. The molecule has 1 aromatic rings. The van der Waals surface area contributed by atoms with Gasteiger partial charge in [0.25, 0.3) is 0 Å². The van der Waals surface area contributed by atoms with Gasteiger partial charge < -0.3 is 4.74 Å². The van der Waals surface area contributed by atoms with Gasteiger partial charge in [-0.05, 0) is 25.5 Å². The summed E-state index contributed by atoms with van der Waals surface area (Å²) in [4.78, 5) is 6.66. The molecule has 0 aliphatic carbocycles. The first kappa shape index (κ1) is 14.9. The maximum absolute atomic E-state index is 12.4. The van der Waals surface area contributed by atoms with Crippen LogP contribution < -0.4 is 0 Å². The van der Waals surface area contributed by atoms with Crippen LogP contribution in [-0.2, 0) is 21.1 Å². The van der Waals surface area contributed by atoms with Gasteiger partial charge in [0.15, 0.2) is 9.84 Å². The highest BCUT2D eigenvalue weighted by Gasteiger charge is 2.61. The van der Waals surface area contributed by atoms with Crippen LogP contribution in [0.25, 0.3) is 0 Å². The lowest BCUT2D eigenvalue weighted by atomic mass is 9.83. The zero-order valence-electron chi connectivity index (χ0n) is 12.6. The van der Waals surface area contributed by atoms with Gasteiger partial charge in [0, 0.05) is 38.4 Å². The minimum absolute atomic E-state index is 0.134. The van der Waals surface area contributed by atoms with E-state index < -0.39 is 14.6 Å². The van der Waals surface area contributed by atoms with E-state index in [0.717, 1.165) is 24.4 Å². The largest absolute Gasteiger partial charge is 0.384 e. The second-order valence-corrected chi connectivity index (χ2v) is 8.69. The smallest absolute Gasteiger partial charge is 0.158 e. The first-order chi connectivity index (χ1) is 9.97. The fourth-order valence-electron chi connectivity index (χ4n) is 3.65. The lowest BCUT2D eigenvalue weighted by Gasteiger charge is -2.49. The lowest BCUT2D eigenvalue weighted by molar-refractivity contribution is 0.0404. The predicted molar refractivity (Wildman–Crippen MR) is 80.8 cm³/mol. The molecule has 3 heterocycles. The highest BCUT2D eigenvalue weighted by atomic mass is 32.2. The summed E-state index contributed by atoms with van der Waals surface area (Å²) in [5, 5.41) is 0. The molecule has 21 heavy (non-hydrogen) atoms. The van der Waals surface area contributed by atoms with Crippen LogP contribution in [0.1, 0.15) is 17.8 Å². The second-order valence-electron chi connectivity index (χ2n) is 6.24. The molecule has 0 radical (unpaired) electrons. The van der Waals surface area contributed by atoms with E-state index in [4.69, 9.17) is 4.74 Å². The van der Waals surface area contributed by atoms with Gasteiger partial charge in [-0.2, -0.15) is 0 Å². The van der Waals surface area contributed by atoms with Crippen LogP contribution >= 0.6 is 0 Å². The SMILES string of the molecule is COC[C@H]1CCS(=O)(=O)C12CN(Cc1cccc(C)n1)C2. The standard InChI is InChI=1S/C15H22N2O3S/c1-12-4-3-5-14(16-12)8-17-10-15(11-17)13(9-20-2)6-7-21(15,18)19/h3-5,13H,6-11H2,1-2H3/t13-/m1/s1. The number of nitrogens with zero attached hydrogens (tertiary/aromatic N) is 2. The number of pyridine rings is 1. The van der Waals surface area contributed by atoms with E-state index in [1.165, 1.54) is 0 Å². The fraction of sp³-hybridized carbons (Fsp3) is 0.667. The molecule has 1 aromatic heterocycles. The maximum Gasteiger partial charge on any atom is 0.158 e. The van der Waals surface area contributed by atoms with Crippen molar-refractivity contribution in [2.24, 2.45) is 5.92 Å². The van der Waals surface area contributed by atoms with Crippen molar-refractivity contribution in [3.8, 4) is 0 Å². The number of methoxy groups -OCH3 is 1. The number of rotatable bonds is 4. The molecule has 0 bridgehead atoms. The van der Waals surface area contributed by atoms with Crippen molar-refractivity contribution in [1.29, 1.82) is 0 Å². The summed E-state index contributed by atoms with van der Waals surface area (Å²) in [7, 11) is -1.35. The molecule has 2 aliphatic heterocycles. The maximum atomic E-state index is 12.4. The third-order valence-corrected chi connectivity index (χ3v) is 7.38. The normalized spacial score (nSPS) is 26.9. The lowest BCUT2D eigenvalue weighted by Crippen LogP contribution is -2.67. The number of aromatic nitrogens is 1. The molecule has 0 saturated carbocycles. The average molecular weight is 310 g/mol. The molecule has 6 heteroatoms. The molecule has 2 fully saturated rings. The number of aryl methyl sites for hydroxylation is 1. The van der Waals surface area contributed by atoms with E-state index >= 15 is 0 Å². The summed E-state index contributed by atoms with van der Waals surface area (Å²) in [6.07, 6.45) is 0.729. The van der Waals surface area contributed by atoms with Gasteiger partial charge in [-0.1, -0.05) is 6.07 Å². The van der Waals surface area contributed by atoms with E-state index in [0.29, 0.717) is 25.4 Å². The van der Waals surface area contributed by atoms with Gasteiger partial charge in [0.1, 0.15) is 4.75 Å². The van der Waals surface area contributed by atoms with Crippen LogP contribution in [0.2, 0.25) is 0 Å². The van der Waals surface area contributed by atoms with Crippen LogP contribution in [-0.4, -0.2) is 55.6 Å². The Kier molecular flexibility index (Phi) is 3.80. The molecule has 2 saturated heterocycles. The molecular formula is C15H22N2O3S. The van der Waals surface area contributed by atoms with Gasteiger partial charge >= 0.3 is 0 Å². The Labute approximate surface area is 126 Å². The van der Waals surface area contributed by atoms with Gasteiger partial charge in [0.2, 0.25) is 0 Å². The van der Waals surface area contributed by atoms with Crippen LogP contribution in [0, 0.1) is 12.8 Å². The Balaban J connectivity index is 1.70. The third kappa shape index (κ3) is 2.49. The Hall–Kier alpha value is -0.980. The van der Waals surface area contributed by atoms with Gasteiger partial charge in [-0.3, -0.25) is 9.88 Å². The summed E-state index contributed by atoms with van der Waals surface area (Å²) < 4.78 is 29.5. The molecule has 0 N–H and O–H groups in total. The zero-order chi connectivity index (χ0) is 15.1. The van der Waals surface area contributed by atoms with Crippen molar-refractivity contribution in [2.45, 2.75) is 24.6 Å². The molecular weight excluding hydrogens is 288 g/mol. The topological polar surface area (TPSA) is 59.5 Å². The quantitative estimate of drug-likeness (QED) is 0.831. The fourth-order valence-corrected chi connectivity index (χ4v) is 6.10. The monoisotopic (exact) mass is 310 g/mol. The number of ether oxygens (including phenoxy) is 1. The summed E-state index contributed by atoms with van der Waals surface area (Å²) in [6, 6.07) is 5.96. The number of hydrogen-bond donors (Lipinski definition) is 0. The summed E-state index contributed by atoms with van der Waals surface area (Å²) >= 11 is 0. The minimum Gasteiger partial charge on any atom is -0.384 e. The summed E-state index contributed by atoms with van der Waals surface area (Å²) in [6.45, 7) is 4.45. The predicted octanol–water partition coefficient (Wildman–Crippen LogP) is 1.03. The van der Waals surface area contributed by atoms with E-state index in [2.05, 4.69) is 9.88 Å². The van der Waals surface area contributed by atoms with E-state index in [-0.39, 0.29) is 5.92 Å². The van der Waals surface area contributed by atoms with Crippen molar-refractivity contribution in [3.63, 3.8) is 0 Å². The number of likely N-dealkylation sites (tertiary alicyclic amines) is 1. The van der Waals surface area contributed by atoms with Crippen molar-refractivity contribution >= 4 is 9.84 Å². The van der Waals surface area contributed by atoms with Gasteiger partial charge in [-0.15, -0.1) is 0 Å². The molecule has 0 amide bonds. The minimum atomic E-state index is -3.00. The molecule has 1 atom stereocenters. The first-order valence-electron chi connectivity index (χ1n) is 7.33. The van der Waals surface area contributed by atoms with Crippen LogP contribution in [0.5, 0.6) is 0 Å². The molecule has 0 aromatic carbocycles. The van der Waals surface area contributed by atoms with E-state index in [1.54, 1.807) is 7.11 Å². The second kappa shape index (κ2) is 5.34. The molecule has 116 valence electrons. The van der Waals surface area contributed by atoms with Crippen LogP contribution in [0.15, 0.2) is 18.2 Å². The van der Waals surface area contributed by atoms with E-state index in [1.807, 2.05) is 25.1 Å². The van der Waals surface area contributed by atoms with Crippen molar-refractivity contribution < 1.29 is 13.2 Å². The number of hydrogen-bond acceptors (Lipinski definition) is 5. The van der Waals surface area contributed by atoms with Gasteiger partial charge in [-0.25, -0.2) is 8.42 Å². The zero-order valence-corrected chi connectivity index (χ0v) is 13.4. The van der Waals surface area contributed by atoms with Crippen LogP contribution in [0.3, 0.4) is 0 Å². The Morgan fingerprint density at radius 3 is 2.86 bits per heavy atom. The molecule has 3 rings (SSSR count). The van der Waals surface area contributed by atoms with Crippen LogP contribution in [0.4, 0.5) is 0 Å². The first-order valence-corrected chi connectivity index (χ1v) is 8.98. The molecule has 0 unspecified atom stereocenters. The summed E-state index contributed by atoms with van der Waals surface area (Å²) in [5.74, 6) is 0.437. The Morgan fingerprint density at radius 2 is 2.19 bits per heavy atom. The summed E-state index contributed by atoms with van der Waals surface area (Å²) in [5.41, 5.74) is 2.00. The van der Waals surface area contributed by atoms with Crippen molar-refractivity contribution in [1.82, 2.24) is 9.88 Å². The molecule has 5 nitrogen and oxygen atoms in total. The highest BCUT2D eigenvalue weighted by molar-refractivity contribution is 7.93. The number of sulfone groups is 1.